The molecule has 2 atom stereocenters. The van der Waals surface area contributed by atoms with Crippen LogP contribution in [0.3, 0.4) is 0 Å². The van der Waals surface area contributed by atoms with Gasteiger partial charge in [0.25, 0.3) is 5.60 Å². The number of allylic oxidation sites excluding steroid dienone is 1. The third-order valence-electron chi connectivity index (χ3n) is 2.41. The smallest absolute Gasteiger partial charge is 0.358 e. The summed E-state index contributed by atoms with van der Waals surface area (Å²) in [5, 5.41) is 37.7. The van der Waals surface area contributed by atoms with E-state index in [1.165, 1.54) is 0 Å². The second-order valence-electron chi connectivity index (χ2n) is 3.22. The Hall–Kier alpha value is -1.86. The molecule has 2 aliphatic rings. The van der Waals surface area contributed by atoms with Crippen molar-refractivity contribution in [1.82, 2.24) is 0 Å². The summed E-state index contributed by atoms with van der Waals surface area (Å²) < 4.78 is 4.00. The van der Waals surface area contributed by atoms with Crippen LogP contribution in [0.4, 0.5) is 0 Å². The molecule has 7 heteroatoms. The fourth-order valence-corrected chi connectivity index (χ4v) is 1.47. The lowest BCUT2D eigenvalue weighted by Crippen LogP contribution is -2.58. The molecule has 0 amide bonds. The summed E-state index contributed by atoms with van der Waals surface area (Å²) in [6, 6.07) is 0. The van der Waals surface area contributed by atoms with Gasteiger partial charge in [-0.1, -0.05) is 0 Å². The SMILES string of the molecule is O=C1OC(=O)C2(O)C(O)=C(O)C=CC12O. The van der Waals surface area contributed by atoms with Gasteiger partial charge in [-0.15, -0.1) is 0 Å². The van der Waals surface area contributed by atoms with Crippen LogP contribution in [0.1, 0.15) is 0 Å². The zero-order valence-electron chi connectivity index (χ0n) is 7.17. The van der Waals surface area contributed by atoms with Crippen LogP contribution in [0, 0.1) is 0 Å². The van der Waals surface area contributed by atoms with Crippen molar-refractivity contribution in [2.75, 3.05) is 0 Å². The lowest BCUT2D eigenvalue weighted by atomic mass is 9.79. The summed E-state index contributed by atoms with van der Waals surface area (Å²) in [6.07, 6.45) is 1.46. The first kappa shape index (κ1) is 9.69. The van der Waals surface area contributed by atoms with Gasteiger partial charge in [0.2, 0.25) is 5.60 Å². The van der Waals surface area contributed by atoms with Gasteiger partial charge in [0.1, 0.15) is 0 Å². The molecule has 7 nitrogen and oxygen atoms in total. The number of fused-ring (bicyclic) bond motifs is 1. The highest BCUT2D eigenvalue weighted by molar-refractivity contribution is 6.09. The average Bonchev–Trinajstić information content (AvgIpc) is 2.36. The van der Waals surface area contributed by atoms with Gasteiger partial charge < -0.3 is 25.2 Å². The van der Waals surface area contributed by atoms with E-state index in [2.05, 4.69) is 4.74 Å². The molecule has 1 saturated heterocycles. The van der Waals surface area contributed by atoms with Crippen LogP contribution in [0.15, 0.2) is 23.7 Å². The molecule has 1 fully saturated rings. The molecule has 80 valence electrons. The Morgan fingerprint density at radius 2 is 1.73 bits per heavy atom. The number of hydrogen-bond donors (Lipinski definition) is 4. The normalized spacial score (nSPS) is 39.3. The van der Waals surface area contributed by atoms with Crippen LogP contribution >= 0.6 is 0 Å². The van der Waals surface area contributed by atoms with Gasteiger partial charge in [0, 0.05) is 0 Å². The molecule has 2 unspecified atom stereocenters. The quantitative estimate of drug-likeness (QED) is 0.283. The molecule has 1 aliphatic carbocycles. The van der Waals surface area contributed by atoms with Gasteiger partial charge in [-0.05, 0) is 12.2 Å². The van der Waals surface area contributed by atoms with Crippen molar-refractivity contribution >= 4 is 11.9 Å². The number of carbonyl (C=O) groups is 2. The maximum Gasteiger partial charge on any atom is 0.358 e. The molecule has 1 aliphatic heterocycles. The number of esters is 2. The Morgan fingerprint density at radius 1 is 1.13 bits per heavy atom. The van der Waals surface area contributed by atoms with E-state index in [0.29, 0.717) is 6.08 Å². The standard InChI is InChI=1S/C8H6O7/c9-3-1-2-7(13)5(11)15-6(12)8(7,14)4(3)10/h1-2,9-10,13-14H. The van der Waals surface area contributed by atoms with Crippen molar-refractivity contribution in [2.45, 2.75) is 11.2 Å². The number of ether oxygens (including phenoxy) is 1. The molecule has 0 spiro atoms. The monoisotopic (exact) mass is 214 g/mol. The first-order valence-electron chi connectivity index (χ1n) is 3.87. The highest BCUT2D eigenvalue weighted by Gasteiger charge is 2.71. The van der Waals surface area contributed by atoms with E-state index in [1.807, 2.05) is 0 Å². The van der Waals surface area contributed by atoms with E-state index in [4.69, 9.17) is 5.11 Å². The minimum Gasteiger partial charge on any atom is -0.505 e. The van der Waals surface area contributed by atoms with E-state index < -0.39 is 34.7 Å². The highest BCUT2D eigenvalue weighted by Crippen LogP contribution is 2.41. The average molecular weight is 214 g/mol. The van der Waals surface area contributed by atoms with Crippen LogP contribution < -0.4 is 0 Å². The highest BCUT2D eigenvalue weighted by atomic mass is 16.6. The van der Waals surface area contributed by atoms with Crippen molar-refractivity contribution in [3.05, 3.63) is 23.7 Å². The molecule has 0 saturated carbocycles. The van der Waals surface area contributed by atoms with Crippen molar-refractivity contribution in [3.63, 3.8) is 0 Å². The molecule has 0 bridgehead atoms. The molecule has 0 aromatic heterocycles. The van der Waals surface area contributed by atoms with E-state index in [0.717, 1.165) is 6.08 Å². The van der Waals surface area contributed by atoms with Crippen molar-refractivity contribution < 1.29 is 34.8 Å². The number of carbonyl (C=O) groups excluding carboxylic acids is 2. The third-order valence-corrected chi connectivity index (χ3v) is 2.41. The van der Waals surface area contributed by atoms with Gasteiger partial charge in [0.05, 0.1) is 0 Å². The van der Waals surface area contributed by atoms with Crippen molar-refractivity contribution in [2.24, 2.45) is 0 Å². The van der Waals surface area contributed by atoms with Gasteiger partial charge in [-0.3, -0.25) is 0 Å². The molecule has 1 heterocycles. The predicted octanol–water partition coefficient (Wildman–Crippen LogP) is -1.57. The second-order valence-corrected chi connectivity index (χ2v) is 3.22. The molecule has 4 N–H and O–H groups in total. The number of aliphatic hydroxyl groups is 4. The van der Waals surface area contributed by atoms with Gasteiger partial charge in [-0.2, -0.15) is 0 Å². The molecular weight excluding hydrogens is 208 g/mol. The van der Waals surface area contributed by atoms with Crippen LogP contribution in [0.25, 0.3) is 0 Å². The Kier molecular flexibility index (Phi) is 1.54. The number of hydrogen-bond acceptors (Lipinski definition) is 7. The summed E-state index contributed by atoms with van der Waals surface area (Å²) in [6.45, 7) is 0. The molecule has 0 aromatic rings. The lowest BCUT2D eigenvalue weighted by molar-refractivity contribution is -0.158. The van der Waals surface area contributed by atoms with E-state index in [-0.39, 0.29) is 0 Å². The van der Waals surface area contributed by atoms with E-state index in [1.54, 1.807) is 0 Å². The molecule has 15 heavy (non-hydrogen) atoms. The van der Waals surface area contributed by atoms with Crippen molar-refractivity contribution in [1.29, 1.82) is 0 Å². The first-order chi connectivity index (χ1) is 6.84. The topological polar surface area (TPSA) is 124 Å². The van der Waals surface area contributed by atoms with Gasteiger partial charge in [-0.25, -0.2) is 9.59 Å². The summed E-state index contributed by atoms with van der Waals surface area (Å²) in [5.74, 6) is -4.99. The Bertz CT molecular complexity index is 434. The number of rotatable bonds is 0. The Morgan fingerprint density at radius 3 is 2.33 bits per heavy atom. The summed E-state index contributed by atoms with van der Waals surface area (Å²) in [4.78, 5) is 22.2. The largest absolute Gasteiger partial charge is 0.505 e. The Labute approximate surface area is 82.5 Å². The summed E-state index contributed by atoms with van der Waals surface area (Å²) in [7, 11) is 0. The fourth-order valence-electron chi connectivity index (χ4n) is 1.47. The zero-order chi connectivity index (χ0) is 11.4. The lowest BCUT2D eigenvalue weighted by Gasteiger charge is -2.30. The minimum atomic E-state index is -2.97. The van der Waals surface area contributed by atoms with Crippen LogP contribution in [-0.4, -0.2) is 43.6 Å². The van der Waals surface area contributed by atoms with Crippen molar-refractivity contribution in [3.8, 4) is 0 Å². The third kappa shape index (κ3) is 0.815. The molecule has 2 rings (SSSR count). The van der Waals surface area contributed by atoms with Crippen LogP contribution in [-0.2, 0) is 14.3 Å². The van der Waals surface area contributed by atoms with Crippen LogP contribution in [0.2, 0.25) is 0 Å². The predicted molar refractivity (Wildman–Crippen MR) is 42.4 cm³/mol. The maximum atomic E-state index is 11.1. The summed E-state index contributed by atoms with van der Waals surface area (Å²) >= 11 is 0. The van der Waals surface area contributed by atoms with Gasteiger partial charge >= 0.3 is 11.9 Å². The minimum absolute atomic E-state index is 0.676. The van der Waals surface area contributed by atoms with E-state index in [9.17, 15) is 24.9 Å². The van der Waals surface area contributed by atoms with Crippen LogP contribution in [0.5, 0.6) is 0 Å². The number of aliphatic hydroxyl groups excluding tert-OH is 2. The maximum absolute atomic E-state index is 11.1. The van der Waals surface area contributed by atoms with E-state index >= 15 is 0 Å². The Balaban J connectivity index is 2.71. The second kappa shape index (κ2) is 2.38. The zero-order valence-corrected chi connectivity index (χ0v) is 7.17. The molecule has 0 aromatic carbocycles. The molecular formula is C8H6O7. The number of cyclic esters (lactones) is 2. The fraction of sp³-hybridized carbons (Fsp3) is 0.250. The molecule has 0 radical (unpaired) electrons. The van der Waals surface area contributed by atoms with Gasteiger partial charge in [0.15, 0.2) is 11.5 Å². The summed E-state index contributed by atoms with van der Waals surface area (Å²) in [5.41, 5.74) is -5.66. The first-order valence-corrected chi connectivity index (χ1v) is 3.87.